The third-order valence-electron chi connectivity index (χ3n) is 1.18. The van der Waals surface area contributed by atoms with Gasteiger partial charge >= 0.3 is 0 Å². The van der Waals surface area contributed by atoms with E-state index in [0.29, 0.717) is 0 Å². The van der Waals surface area contributed by atoms with Gasteiger partial charge in [0.1, 0.15) is 0 Å². The Labute approximate surface area is 84.1 Å². The first-order valence-corrected chi connectivity index (χ1v) is 7.36. The Morgan fingerprint density at radius 2 is 1.83 bits per heavy atom. The molecule has 0 saturated heterocycles. The number of halogens is 2. The maximum absolute atomic E-state index is 11.0. The Morgan fingerprint density at radius 3 is 2.08 bits per heavy atom. The van der Waals surface area contributed by atoms with Gasteiger partial charge in [0.2, 0.25) is 0 Å². The monoisotopic (exact) mass is 228 g/mol. The van der Waals surface area contributed by atoms with Gasteiger partial charge in [-0.2, -0.15) is 0 Å². The average Bonchev–Trinajstić information content (AvgIpc) is 1.49. The third kappa shape index (κ3) is 8.64. The topological polar surface area (TPSA) is 17.1 Å². The van der Waals surface area contributed by atoms with Crippen molar-refractivity contribution in [1.29, 1.82) is 0 Å². The minimum atomic E-state index is -3.03. The van der Waals surface area contributed by atoms with Gasteiger partial charge in [-0.25, -0.2) is 0 Å². The fourth-order valence-corrected chi connectivity index (χ4v) is 2.74. The molecule has 1 nitrogen and oxygen atoms in total. The van der Waals surface area contributed by atoms with Crippen molar-refractivity contribution in [2.75, 3.05) is 0 Å². The first-order chi connectivity index (χ1) is 5.10. The van der Waals surface area contributed by atoms with Crippen LogP contribution in [0, 0.1) is 5.41 Å². The van der Waals surface area contributed by atoms with Crippen LogP contribution in [0.3, 0.4) is 0 Å². The van der Waals surface area contributed by atoms with E-state index >= 15 is 0 Å². The molecule has 0 aromatic heterocycles. The van der Waals surface area contributed by atoms with Gasteiger partial charge in [0.15, 0.2) is 0 Å². The van der Waals surface area contributed by atoms with E-state index in [1.54, 1.807) is 0 Å². The highest BCUT2D eigenvalue weighted by atomic mass is 35.9. The summed E-state index contributed by atoms with van der Waals surface area (Å²) < 4.78 is 11.0. The van der Waals surface area contributed by atoms with Crippen LogP contribution < -0.4 is 0 Å². The molecule has 0 aromatic carbocycles. The molecule has 0 fully saturated rings. The summed E-state index contributed by atoms with van der Waals surface area (Å²) in [7, 11) is 0. The molecule has 0 aliphatic heterocycles. The van der Waals surface area contributed by atoms with Gasteiger partial charge in [0.05, 0.1) is 0 Å². The molecule has 0 aromatic rings. The largest absolute Gasteiger partial charge is 0.285 e. The van der Waals surface area contributed by atoms with Crippen molar-refractivity contribution < 1.29 is 4.57 Å². The van der Waals surface area contributed by atoms with Gasteiger partial charge in [-0.05, 0) is 41.2 Å². The molecule has 0 atom stereocenters. The van der Waals surface area contributed by atoms with Crippen molar-refractivity contribution in [3.63, 3.8) is 0 Å². The van der Waals surface area contributed by atoms with Crippen LogP contribution >= 0.6 is 28.3 Å². The lowest BCUT2D eigenvalue weighted by Crippen LogP contribution is -2.04. The van der Waals surface area contributed by atoms with E-state index in [1.807, 2.05) is 6.92 Å². The van der Waals surface area contributed by atoms with E-state index in [0.717, 1.165) is 12.0 Å². The zero-order chi connectivity index (χ0) is 9.99. The molecule has 12 heavy (non-hydrogen) atoms. The predicted octanol–water partition coefficient (Wildman–Crippen LogP) is 5.00. The van der Waals surface area contributed by atoms with Gasteiger partial charge in [-0.3, -0.25) is 4.57 Å². The molecular weight excluding hydrogens is 214 g/mol. The van der Waals surface area contributed by atoms with Gasteiger partial charge in [-0.15, -0.1) is 0 Å². The van der Waals surface area contributed by atoms with Gasteiger partial charge in [0.25, 0.3) is 5.85 Å². The van der Waals surface area contributed by atoms with Crippen molar-refractivity contribution >= 4 is 28.3 Å². The smallest absolute Gasteiger partial charge is 0.274 e. The summed E-state index contributed by atoms with van der Waals surface area (Å²) in [6, 6.07) is 0. The van der Waals surface area contributed by atoms with Crippen molar-refractivity contribution in [2.24, 2.45) is 5.41 Å². The van der Waals surface area contributed by atoms with E-state index < -0.39 is 5.85 Å². The van der Waals surface area contributed by atoms with E-state index in [9.17, 15) is 4.57 Å². The summed E-state index contributed by atoms with van der Waals surface area (Å²) in [5.74, 6) is -1.57. The molecule has 0 bridgehead atoms. The standard InChI is InChI=1S/C8H15Cl2OP/c1-7(5-8(2,3)4)6-12(9,10)11/h6H,5H2,1-4H3/b7-6+. The molecule has 0 aliphatic rings. The predicted molar refractivity (Wildman–Crippen MR) is 57.1 cm³/mol. The normalized spacial score (nSPS) is 15.0. The molecule has 0 heterocycles. The number of hydrogen-bond acceptors (Lipinski definition) is 1. The lowest BCUT2D eigenvalue weighted by Gasteiger charge is -2.18. The highest BCUT2D eigenvalue weighted by Gasteiger charge is 2.14. The second-order valence-corrected chi connectivity index (χ2v) is 9.01. The van der Waals surface area contributed by atoms with E-state index in [2.05, 4.69) is 20.8 Å². The van der Waals surface area contributed by atoms with Crippen LogP contribution in [-0.2, 0) is 4.57 Å². The van der Waals surface area contributed by atoms with Crippen LogP contribution in [-0.4, -0.2) is 0 Å². The number of allylic oxidation sites excluding steroid dienone is 1. The molecule has 0 rings (SSSR count). The van der Waals surface area contributed by atoms with Crippen LogP contribution in [0.4, 0.5) is 0 Å². The summed E-state index contributed by atoms with van der Waals surface area (Å²) in [5.41, 5.74) is 1.17. The Bertz CT molecular complexity index is 222. The van der Waals surface area contributed by atoms with E-state index in [4.69, 9.17) is 22.5 Å². The highest BCUT2D eigenvalue weighted by molar-refractivity contribution is 8.10. The van der Waals surface area contributed by atoms with Crippen LogP contribution in [0.25, 0.3) is 0 Å². The molecule has 0 aliphatic carbocycles. The molecule has 0 unspecified atom stereocenters. The van der Waals surface area contributed by atoms with Crippen LogP contribution in [0.2, 0.25) is 0 Å². The van der Waals surface area contributed by atoms with Gasteiger partial charge < -0.3 is 0 Å². The average molecular weight is 229 g/mol. The molecule has 72 valence electrons. The summed E-state index contributed by atoms with van der Waals surface area (Å²) in [6.07, 6.45) is 0.858. The zero-order valence-electron chi connectivity index (χ0n) is 7.90. The van der Waals surface area contributed by atoms with Crippen LogP contribution in [0.1, 0.15) is 34.1 Å². The lowest BCUT2D eigenvalue weighted by molar-refractivity contribution is 0.410. The van der Waals surface area contributed by atoms with Crippen LogP contribution in [0.15, 0.2) is 11.4 Å². The summed E-state index contributed by atoms with van der Waals surface area (Å²) in [4.78, 5) is 0. The summed E-state index contributed by atoms with van der Waals surface area (Å²) >= 11 is 10.8. The summed E-state index contributed by atoms with van der Waals surface area (Å²) in [6.45, 7) is 8.22. The minimum absolute atomic E-state index is 0.184. The number of hydrogen-bond donors (Lipinski definition) is 0. The number of rotatable bonds is 2. The second-order valence-electron chi connectivity index (χ2n) is 4.22. The van der Waals surface area contributed by atoms with Crippen molar-refractivity contribution in [3.8, 4) is 0 Å². The van der Waals surface area contributed by atoms with E-state index in [-0.39, 0.29) is 5.41 Å². The zero-order valence-corrected chi connectivity index (χ0v) is 10.3. The molecular formula is C8H15Cl2OP. The SMILES string of the molecule is C/C(=C\P(=O)(Cl)Cl)CC(C)(C)C. The molecule has 0 spiro atoms. The summed E-state index contributed by atoms with van der Waals surface area (Å²) in [5, 5.41) is 0. The maximum Gasteiger partial charge on any atom is 0.274 e. The molecule has 0 saturated carbocycles. The Hall–Kier alpha value is 0.550. The van der Waals surface area contributed by atoms with Crippen molar-refractivity contribution in [3.05, 3.63) is 11.4 Å². The molecule has 0 N–H and O–H groups in total. The highest BCUT2D eigenvalue weighted by Crippen LogP contribution is 2.59. The molecule has 0 radical (unpaired) electrons. The van der Waals surface area contributed by atoms with Gasteiger partial charge in [0, 0.05) is 5.82 Å². The van der Waals surface area contributed by atoms with E-state index in [1.165, 1.54) is 5.82 Å². The van der Waals surface area contributed by atoms with Crippen molar-refractivity contribution in [2.45, 2.75) is 34.1 Å². The second kappa shape index (κ2) is 4.17. The lowest BCUT2D eigenvalue weighted by atomic mass is 9.89. The third-order valence-corrected chi connectivity index (χ3v) is 2.51. The Kier molecular flexibility index (Phi) is 4.37. The first kappa shape index (κ1) is 12.6. The molecule has 4 heteroatoms. The van der Waals surface area contributed by atoms with Crippen LogP contribution in [0.5, 0.6) is 0 Å². The maximum atomic E-state index is 11.0. The van der Waals surface area contributed by atoms with Gasteiger partial charge in [-0.1, -0.05) is 26.3 Å². The molecule has 0 amide bonds. The van der Waals surface area contributed by atoms with Crippen molar-refractivity contribution in [1.82, 2.24) is 0 Å². The fourth-order valence-electron chi connectivity index (χ4n) is 1.14. The first-order valence-electron chi connectivity index (χ1n) is 3.77. The minimum Gasteiger partial charge on any atom is -0.285 e. The Morgan fingerprint density at radius 1 is 1.42 bits per heavy atom. The quantitative estimate of drug-likeness (QED) is 0.609. The fraction of sp³-hybridized carbons (Fsp3) is 0.750. The Balaban J connectivity index is 4.33.